The Labute approximate surface area is 100 Å². The van der Waals surface area contributed by atoms with Crippen molar-refractivity contribution in [2.45, 2.75) is 24.8 Å². The smallest absolute Gasteiger partial charge is 0.241 e. The van der Waals surface area contributed by atoms with Crippen LogP contribution in [0.1, 0.15) is 12.5 Å². The molecule has 5 N–H and O–H groups in total. The quantitative estimate of drug-likeness (QED) is 0.644. The first-order valence-electron chi connectivity index (χ1n) is 4.92. The number of sulfonamides is 1. The number of nitrogen functional groups attached to an aromatic ring is 1. The molecule has 1 atom stereocenters. The van der Waals surface area contributed by atoms with Crippen molar-refractivity contribution in [3.8, 4) is 0 Å². The number of carbonyl (C=O) groups is 1. The maximum Gasteiger partial charge on any atom is 0.241 e. The third-order valence-corrected chi connectivity index (χ3v) is 3.85. The summed E-state index contributed by atoms with van der Waals surface area (Å²) in [4.78, 5) is 10.9. The summed E-state index contributed by atoms with van der Waals surface area (Å²) in [5, 5.41) is 0. The van der Waals surface area contributed by atoms with Crippen molar-refractivity contribution in [3.05, 3.63) is 23.8 Å². The average molecular weight is 257 g/mol. The average Bonchev–Trinajstić information content (AvgIpc) is 2.21. The predicted octanol–water partition coefficient (Wildman–Crippen LogP) is -0.271. The monoisotopic (exact) mass is 257 g/mol. The van der Waals surface area contributed by atoms with Gasteiger partial charge >= 0.3 is 0 Å². The van der Waals surface area contributed by atoms with Crippen LogP contribution in [0, 0.1) is 6.92 Å². The van der Waals surface area contributed by atoms with Gasteiger partial charge in [0.25, 0.3) is 0 Å². The molecule has 0 aliphatic rings. The van der Waals surface area contributed by atoms with Crippen molar-refractivity contribution in [3.63, 3.8) is 0 Å². The van der Waals surface area contributed by atoms with Gasteiger partial charge in [0.15, 0.2) is 0 Å². The zero-order valence-corrected chi connectivity index (χ0v) is 10.4. The van der Waals surface area contributed by atoms with Gasteiger partial charge < -0.3 is 11.5 Å². The van der Waals surface area contributed by atoms with Crippen LogP contribution in [0.2, 0.25) is 0 Å². The molecule has 0 aliphatic heterocycles. The maximum atomic E-state index is 11.9. The highest BCUT2D eigenvalue weighted by atomic mass is 32.2. The Morgan fingerprint density at radius 2 is 2.00 bits per heavy atom. The molecule has 1 aromatic rings. The Hall–Kier alpha value is -1.60. The van der Waals surface area contributed by atoms with Crippen LogP contribution in [0.4, 0.5) is 5.69 Å². The lowest BCUT2D eigenvalue weighted by Crippen LogP contribution is -2.42. The number of primary amides is 1. The Bertz CT molecular complexity index is 540. The first-order chi connectivity index (χ1) is 7.74. The highest BCUT2D eigenvalue weighted by molar-refractivity contribution is 7.89. The predicted molar refractivity (Wildman–Crippen MR) is 64.6 cm³/mol. The Morgan fingerprint density at radius 1 is 1.41 bits per heavy atom. The van der Waals surface area contributed by atoms with Crippen LogP contribution in [0.3, 0.4) is 0 Å². The molecule has 0 fully saturated rings. The molecule has 1 amide bonds. The summed E-state index contributed by atoms with van der Waals surface area (Å²) in [7, 11) is -3.75. The first-order valence-corrected chi connectivity index (χ1v) is 6.40. The van der Waals surface area contributed by atoms with Crippen molar-refractivity contribution in [1.82, 2.24) is 4.72 Å². The minimum atomic E-state index is -3.75. The number of amides is 1. The number of aryl methyl sites for hydroxylation is 1. The maximum absolute atomic E-state index is 11.9. The second-order valence-electron chi connectivity index (χ2n) is 3.76. The van der Waals surface area contributed by atoms with Crippen LogP contribution in [-0.4, -0.2) is 20.4 Å². The fraction of sp³-hybridized carbons (Fsp3) is 0.300. The van der Waals surface area contributed by atoms with E-state index in [0.717, 1.165) is 0 Å². The molecular weight excluding hydrogens is 242 g/mol. The molecule has 0 heterocycles. The van der Waals surface area contributed by atoms with Gasteiger partial charge in [0.1, 0.15) is 0 Å². The number of nitrogens with one attached hydrogen (secondary N) is 1. The Kier molecular flexibility index (Phi) is 3.74. The molecule has 6 nitrogen and oxygen atoms in total. The van der Waals surface area contributed by atoms with E-state index in [9.17, 15) is 13.2 Å². The van der Waals surface area contributed by atoms with E-state index in [1.165, 1.54) is 25.1 Å². The molecule has 94 valence electrons. The number of hydrogen-bond donors (Lipinski definition) is 3. The van der Waals surface area contributed by atoms with E-state index < -0.39 is 22.0 Å². The van der Waals surface area contributed by atoms with E-state index in [2.05, 4.69) is 4.72 Å². The van der Waals surface area contributed by atoms with Crippen molar-refractivity contribution in [2.75, 3.05) is 5.73 Å². The van der Waals surface area contributed by atoms with Crippen LogP contribution in [0.5, 0.6) is 0 Å². The molecule has 1 aromatic carbocycles. The zero-order valence-electron chi connectivity index (χ0n) is 9.60. The molecule has 17 heavy (non-hydrogen) atoms. The van der Waals surface area contributed by atoms with E-state index in [0.29, 0.717) is 11.3 Å². The summed E-state index contributed by atoms with van der Waals surface area (Å²) in [5.74, 6) is -0.735. The second-order valence-corrected chi connectivity index (χ2v) is 5.48. The van der Waals surface area contributed by atoms with Crippen LogP contribution in [0.25, 0.3) is 0 Å². The van der Waals surface area contributed by atoms with Gasteiger partial charge in [-0.3, -0.25) is 4.79 Å². The number of carbonyl (C=O) groups excluding carboxylic acids is 1. The van der Waals surface area contributed by atoms with E-state index in [1.54, 1.807) is 6.92 Å². The fourth-order valence-electron chi connectivity index (χ4n) is 1.17. The van der Waals surface area contributed by atoms with Gasteiger partial charge in [0, 0.05) is 5.69 Å². The summed E-state index contributed by atoms with van der Waals surface area (Å²) in [6, 6.07) is 3.35. The van der Waals surface area contributed by atoms with Crippen molar-refractivity contribution >= 4 is 21.6 Å². The van der Waals surface area contributed by atoms with Crippen LogP contribution in [0.15, 0.2) is 23.1 Å². The van der Waals surface area contributed by atoms with Gasteiger partial charge in [-0.2, -0.15) is 4.72 Å². The molecule has 1 rings (SSSR count). The summed E-state index contributed by atoms with van der Waals surface area (Å²) in [6.07, 6.45) is 0. The van der Waals surface area contributed by atoms with E-state index in [4.69, 9.17) is 11.5 Å². The molecule has 0 saturated carbocycles. The lowest BCUT2D eigenvalue weighted by molar-refractivity contribution is -0.119. The van der Waals surface area contributed by atoms with E-state index >= 15 is 0 Å². The number of hydrogen-bond acceptors (Lipinski definition) is 4. The molecular formula is C10H15N3O3S. The van der Waals surface area contributed by atoms with Gasteiger partial charge in [-0.25, -0.2) is 8.42 Å². The number of benzene rings is 1. The molecule has 0 spiro atoms. The van der Waals surface area contributed by atoms with Crippen molar-refractivity contribution < 1.29 is 13.2 Å². The highest BCUT2D eigenvalue weighted by Crippen LogP contribution is 2.16. The van der Waals surface area contributed by atoms with E-state index in [1.807, 2.05) is 0 Å². The summed E-state index contributed by atoms with van der Waals surface area (Å²) in [6.45, 7) is 3.08. The van der Waals surface area contributed by atoms with Gasteiger partial charge in [-0.1, -0.05) is 0 Å². The largest absolute Gasteiger partial charge is 0.399 e. The summed E-state index contributed by atoms with van der Waals surface area (Å²) in [5.41, 5.74) is 11.7. The van der Waals surface area contributed by atoms with Crippen LogP contribution >= 0.6 is 0 Å². The fourth-order valence-corrected chi connectivity index (χ4v) is 2.47. The number of anilines is 1. The zero-order chi connectivity index (χ0) is 13.2. The molecule has 0 aliphatic carbocycles. The second kappa shape index (κ2) is 4.72. The van der Waals surface area contributed by atoms with E-state index in [-0.39, 0.29) is 4.90 Å². The highest BCUT2D eigenvalue weighted by Gasteiger charge is 2.20. The van der Waals surface area contributed by atoms with Gasteiger partial charge in [0.05, 0.1) is 10.9 Å². The van der Waals surface area contributed by atoms with Gasteiger partial charge in [0.2, 0.25) is 15.9 Å². The van der Waals surface area contributed by atoms with Crippen molar-refractivity contribution in [2.24, 2.45) is 5.73 Å². The third-order valence-electron chi connectivity index (χ3n) is 2.31. The minimum Gasteiger partial charge on any atom is -0.399 e. The molecule has 7 heteroatoms. The number of nitrogens with two attached hydrogens (primary N) is 2. The van der Waals surface area contributed by atoms with Crippen molar-refractivity contribution in [1.29, 1.82) is 0 Å². The first kappa shape index (κ1) is 13.5. The number of rotatable bonds is 4. The Balaban J connectivity index is 3.05. The van der Waals surface area contributed by atoms with Crippen LogP contribution < -0.4 is 16.2 Å². The molecule has 0 saturated heterocycles. The lowest BCUT2D eigenvalue weighted by Gasteiger charge is -2.11. The Morgan fingerprint density at radius 3 is 2.47 bits per heavy atom. The molecule has 0 bridgehead atoms. The van der Waals surface area contributed by atoms with Gasteiger partial charge in [-0.05, 0) is 37.6 Å². The minimum absolute atomic E-state index is 0.0531. The topological polar surface area (TPSA) is 115 Å². The lowest BCUT2D eigenvalue weighted by atomic mass is 10.2. The van der Waals surface area contributed by atoms with Crippen LogP contribution in [-0.2, 0) is 14.8 Å². The SMILES string of the molecule is Cc1cc(S(=O)(=O)NC(C)C(N)=O)ccc1N. The molecule has 0 aromatic heterocycles. The molecule has 1 unspecified atom stereocenters. The third kappa shape index (κ3) is 3.18. The standard InChI is InChI=1S/C10H15N3O3S/c1-6-5-8(3-4-9(6)11)17(15,16)13-7(2)10(12)14/h3-5,7,13H,11H2,1-2H3,(H2,12,14). The van der Waals surface area contributed by atoms with Gasteiger partial charge in [-0.15, -0.1) is 0 Å². The summed E-state index contributed by atoms with van der Waals surface area (Å²) >= 11 is 0. The normalized spacial score (nSPS) is 13.3. The summed E-state index contributed by atoms with van der Waals surface area (Å²) < 4.78 is 25.9. The molecule has 0 radical (unpaired) electrons.